The number of hydrogen-bond acceptors (Lipinski definition) is 1. The molecule has 0 N–H and O–H groups in total. The number of rotatable bonds is 5. The van der Waals surface area contributed by atoms with Crippen molar-refractivity contribution in [2.24, 2.45) is 0 Å². The average molecular weight is 148 g/mol. The summed E-state index contributed by atoms with van der Waals surface area (Å²) < 4.78 is 11.4. The Bertz CT molecular complexity index is 81.0. The van der Waals surface area contributed by atoms with E-state index in [1.165, 1.54) is 5.57 Å². The lowest BCUT2D eigenvalue weighted by molar-refractivity contribution is 0.787. The van der Waals surface area contributed by atoms with Gasteiger partial charge in [0.15, 0.2) is 0 Å². The lowest BCUT2D eigenvalue weighted by atomic mass is 10.2. The summed E-state index contributed by atoms with van der Waals surface area (Å²) in [6.07, 6.45) is 3.08. The molecule has 0 aromatic carbocycles. The summed E-state index contributed by atoms with van der Waals surface area (Å²) in [6, 6.07) is 0. The molecule has 0 fully saturated rings. The molecule has 0 rings (SSSR count). The second-order valence-corrected chi connectivity index (χ2v) is 2.85. The zero-order chi connectivity index (χ0) is 7.11. The molecule has 0 aliphatic heterocycles. The van der Waals surface area contributed by atoms with Crippen LogP contribution in [0.5, 0.6) is 0 Å². The molecule has 0 radical (unpaired) electrons. The minimum atomic E-state index is 0.424. The van der Waals surface area contributed by atoms with Crippen LogP contribution in [0.1, 0.15) is 26.2 Å². The maximum absolute atomic E-state index is 11.4. The summed E-state index contributed by atoms with van der Waals surface area (Å²) in [5, 5.41) is 0. The van der Waals surface area contributed by atoms with Gasteiger partial charge in [0.2, 0.25) is 0 Å². The van der Waals surface area contributed by atoms with Gasteiger partial charge in [0.1, 0.15) is 0 Å². The van der Waals surface area contributed by atoms with Crippen molar-refractivity contribution in [2.45, 2.75) is 26.2 Å². The van der Waals surface area contributed by atoms with E-state index in [0.717, 1.165) is 19.3 Å². The zero-order valence-corrected chi connectivity index (χ0v) is 6.64. The van der Waals surface area contributed by atoms with Crippen molar-refractivity contribution in [3.8, 4) is 0 Å². The Kier molecular flexibility index (Phi) is 6.16. The fraction of sp³-hybridized carbons (Fsp3) is 0.714. The quantitative estimate of drug-likeness (QED) is 0.425. The minimum absolute atomic E-state index is 0.424. The lowest BCUT2D eigenvalue weighted by Gasteiger charge is -1.95. The summed E-state index contributed by atoms with van der Waals surface area (Å²) in [6.45, 7) is 5.75. The predicted molar refractivity (Wildman–Crippen MR) is 42.2 cm³/mol. The minimum Gasteiger partial charge on any atom is -0.165 e. The number of halogens is 1. The third-order valence-electron chi connectivity index (χ3n) is 1.08. The van der Waals surface area contributed by atoms with Crippen LogP contribution in [0.15, 0.2) is 12.2 Å². The summed E-state index contributed by atoms with van der Waals surface area (Å²) in [5.41, 5.74) is 1.19. The van der Waals surface area contributed by atoms with Gasteiger partial charge in [-0.25, -0.2) is 0 Å². The van der Waals surface area contributed by atoms with E-state index >= 15 is 0 Å². The molecule has 0 aliphatic rings. The van der Waals surface area contributed by atoms with E-state index < -0.39 is 0 Å². The second-order valence-electron chi connectivity index (χ2n) is 2.23. The first-order chi connectivity index (χ1) is 4.27. The van der Waals surface area contributed by atoms with Crippen molar-refractivity contribution in [1.82, 2.24) is 0 Å². The van der Waals surface area contributed by atoms with Crippen molar-refractivity contribution in [3.63, 3.8) is 0 Å². The Morgan fingerprint density at radius 3 is 2.67 bits per heavy atom. The maximum Gasteiger partial charge on any atom is 0.0443 e. The lowest BCUT2D eigenvalue weighted by Crippen LogP contribution is -1.79. The Hall–Kier alpha value is 0.0200. The molecular formula is C7H13FS. The molecule has 9 heavy (non-hydrogen) atoms. The van der Waals surface area contributed by atoms with Crippen LogP contribution in [0.3, 0.4) is 0 Å². The van der Waals surface area contributed by atoms with Gasteiger partial charge in [-0.2, -0.15) is 3.89 Å². The molecule has 0 aromatic rings. The largest absolute Gasteiger partial charge is 0.165 e. The molecule has 0 heterocycles. The molecule has 0 atom stereocenters. The van der Waals surface area contributed by atoms with Gasteiger partial charge >= 0.3 is 0 Å². The zero-order valence-electron chi connectivity index (χ0n) is 5.82. The first-order valence-electron chi connectivity index (χ1n) is 3.15. The third-order valence-corrected chi connectivity index (χ3v) is 1.52. The van der Waals surface area contributed by atoms with Crippen molar-refractivity contribution < 1.29 is 3.89 Å². The molecule has 0 unspecified atom stereocenters. The van der Waals surface area contributed by atoms with E-state index in [4.69, 9.17) is 0 Å². The molecule has 0 saturated carbocycles. The number of hydrogen-bond donors (Lipinski definition) is 0. The summed E-state index contributed by atoms with van der Waals surface area (Å²) in [5.74, 6) is 0.632. The summed E-state index contributed by atoms with van der Waals surface area (Å²) in [7, 11) is 0. The Morgan fingerprint density at radius 1 is 1.56 bits per heavy atom. The molecule has 54 valence electrons. The van der Waals surface area contributed by atoms with E-state index in [-0.39, 0.29) is 0 Å². The highest BCUT2D eigenvalue weighted by Gasteiger charge is 1.88. The SMILES string of the molecule is C=C(C)CCCCSF. The van der Waals surface area contributed by atoms with Gasteiger partial charge in [-0.15, -0.1) is 6.58 Å². The molecule has 0 spiro atoms. The van der Waals surface area contributed by atoms with Gasteiger partial charge in [0.05, 0.1) is 0 Å². The molecule has 0 saturated heterocycles. The van der Waals surface area contributed by atoms with Gasteiger partial charge in [-0.3, -0.25) is 0 Å². The molecule has 0 bridgehead atoms. The van der Waals surface area contributed by atoms with Crippen LogP contribution < -0.4 is 0 Å². The summed E-state index contributed by atoms with van der Waals surface area (Å²) in [4.78, 5) is 0. The smallest absolute Gasteiger partial charge is 0.0443 e. The van der Waals surface area contributed by atoms with Crippen LogP contribution in [-0.2, 0) is 0 Å². The van der Waals surface area contributed by atoms with E-state index in [2.05, 4.69) is 6.58 Å². The van der Waals surface area contributed by atoms with Crippen LogP contribution in [0.4, 0.5) is 3.89 Å². The summed E-state index contributed by atoms with van der Waals surface area (Å²) >= 11 is 0.424. The van der Waals surface area contributed by atoms with Crippen LogP contribution in [0.25, 0.3) is 0 Å². The fourth-order valence-electron chi connectivity index (χ4n) is 0.583. The van der Waals surface area contributed by atoms with E-state index in [1.54, 1.807) is 0 Å². The fourth-order valence-corrected chi connectivity index (χ4v) is 0.897. The predicted octanol–water partition coefficient (Wildman–Crippen LogP) is 3.35. The van der Waals surface area contributed by atoms with Crippen LogP contribution >= 0.6 is 12.1 Å². The highest BCUT2D eigenvalue weighted by molar-refractivity contribution is 7.94. The Labute approximate surface area is 60.8 Å². The number of unbranched alkanes of at least 4 members (excludes halogenated alkanes) is 1. The molecule has 0 amide bonds. The average Bonchev–Trinajstić information content (AvgIpc) is 1.80. The van der Waals surface area contributed by atoms with Gasteiger partial charge < -0.3 is 0 Å². The van der Waals surface area contributed by atoms with Crippen molar-refractivity contribution in [3.05, 3.63) is 12.2 Å². The molecule has 0 nitrogen and oxygen atoms in total. The normalized spacial score (nSPS) is 9.56. The second kappa shape index (κ2) is 6.14. The Morgan fingerprint density at radius 2 is 2.22 bits per heavy atom. The van der Waals surface area contributed by atoms with Crippen molar-refractivity contribution >= 4 is 12.1 Å². The monoisotopic (exact) mass is 148 g/mol. The third kappa shape index (κ3) is 8.02. The molecular weight excluding hydrogens is 135 g/mol. The van der Waals surface area contributed by atoms with Gasteiger partial charge in [0, 0.05) is 17.9 Å². The molecule has 0 aliphatic carbocycles. The van der Waals surface area contributed by atoms with Crippen LogP contribution in [-0.4, -0.2) is 5.75 Å². The molecule has 2 heteroatoms. The van der Waals surface area contributed by atoms with Crippen LogP contribution in [0.2, 0.25) is 0 Å². The van der Waals surface area contributed by atoms with Crippen LogP contribution in [0, 0.1) is 0 Å². The highest BCUT2D eigenvalue weighted by Crippen LogP contribution is 2.08. The first-order valence-corrected chi connectivity index (χ1v) is 4.04. The topological polar surface area (TPSA) is 0 Å². The molecule has 0 aromatic heterocycles. The van der Waals surface area contributed by atoms with Gasteiger partial charge in [0.25, 0.3) is 0 Å². The van der Waals surface area contributed by atoms with Crippen molar-refractivity contribution in [2.75, 3.05) is 5.75 Å². The standard InChI is InChI=1S/C7H13FS/c1-7(2)5-3-4-6-9-8/h1,3-6H2,2H3. The van der Waals surface area contributed by atoms with Gasteiger partial charge in [-0.1, -0.05) is 5.57 Å². The first kappa shape index (κ1) is 9.02. The maximum atomic E-state index is 11.4. The van der Waals surface area contributed by atoms with Gasteiger partial charge in [-0.05, 0) is 26.2 Å². The Balaban J connectivity index is 2.83. The van der Waals surface area contributed by atoms with Crippen molar-refractivity contribution in [1.29, 1.82) is 0 Å². The van der Waals surface area contributed by atoms with E-state index in [0.29, 0.717) is 17.9 Å². The van der Waals surface area contributed by atoms with E-state index in [9.17, 15) is 3.89 Å². The number of allylic oxidation sites excluding steroid dienone is 1. The van der Waals surface area contributed by atoms with E-state index in [1.807, 2.05) is 6.92 Å². The highest BCUT2D eigenvalue weighted by atomic mass is 32.2.